The molecule has 0 aliphatic carbocycles. The number of fused-ring (bicyclic) bond motifs is 1. The molecule has 2 aliphatic rings. The van der Waals surface area contributed by atoms with Gasteiger partial charge in [-0.3, -0.25) is 24.4 Å². The maximum Gasteiger partial charge on any atom is 0.269 e. The number of rotatable bonds is 13. The van der Waals surface area contributed by atoms with Crippen LogP contribution in [0.1, 0.15) is 41.6 Å². The van der Waals surface area contributed by atoms with Crippen LogP contribution in [0.2, 0.25) is 0 Å². The number of ether oxygens (including phenoxy) is 1. The van der Waals surface area contributed by atoms with Crippen LogP contribution >= 0.6 is 0 Å². The molecule has 3 aromatic carbocycles. The van der Waals surface area contributed by atoms with E-state index in [0.717, 1.165) is 5.56 Å². The van der Waals surface area contributed by atoms with Gasteiger partial charge in [-0.05, 0) is 35.7 Å². The molecule has 6 rings (SSSR count). The fraction of sp³-hybridized carbons (Fsp3) is 0.351. The molecule has 0 radical (unpaired) electrons. The van der Waals surface area contributed by atoms with E-state index in [2.05, 4.69) is 15.6 Å². The van der Waals surface area contributed by atoms with Gasteiger partial charge in [0.25, 0.3) is 17.5 Å². The van der Waals surface area contributed by atoms with Crippen molar-refractivity contribution in [1.82, 2.24) is 15.0 Å². The van der Waals surface area contributed by atoms with Gasteiger partial charge < -0.3 is 45.6 Å². The number of carbonyl (C=O) groups excluding carboxylic acids is 2. The second kappa shape index (κ2) is 15.9. The van der Waals surface area contributed by atoms with Crippen LogP contribution in [-0.4, -0.2) is 99.7 Å². The summed E-state index contributed by atoms with van der Waals surface area (Å²) in [4.78, 5) is 39.2. The normalized spacial score (nSPS) is 25.1. The van der Waals surface area contributed by atoms with E-state index >= 15 is 0 Å². The van der Waals surface area contributed by atoms with Crippen LogP contribution in [0, 0.1) is 16.0 Å². The van der Waals surface area contributed by atoms with Crippen LogP contribution < -0.4 is 10.2 Å². The predicted octanol–water partition coefficient (Wildman–Crippen LogP) is 1.07. The highest BCUT2D eigenvalue weighted by Gasteiger charge is 2.53. The molecule has 1 saturated heterocycles. The van der Waals surface area contributed by atoms with E-state index in [1.165, 1.54) is 35.2 Å². The fourth-order valence-corrected chi connectivity index (χ4v) is 6.66. The SMILES string of the molecule is C[C@@H](/C=C/CCn1cc(C(CO)c2ccccc2)nn1)[C@]1(O)C(=O)N(Cc2ccc(NC(=O)[C@H]3O[C@@H](O)[C@H](O)[C@@H](O)[C@@H]3O)cc2)c2ccc([N+](=O)[O-])cc21. The second-order valence-corrected chi connectivity index (χ2v) is 13.3. The number of anilines is 2. The summed E-state index contributed by atoms with van der Waals surface area (Å²) in [5, 5.41) is 84.1. The Morgan fingerprint density at radius 3 is 2.46 bits per heavy atom. The molecule has 54 heavy (non-hydrogen) atoms. The molecule has 0 spiro atoms. The zero-order chi connectivity index (χ0) is 38.7. The highest BCUT2D eigenvalue weighted by atomic mass is 16.6. The number of non-ortho nitro benzene ring substituents is 1. The highest BCUT2D eigenvalue weighted by Crippen LogP contribution is 2.47. The number of aliphatic hydroxyl groups excluding tert-OH is 5. The van der Waals surface area contributed by atoms with E-state index < -0.39 is 59.0 Å². The van der Waals surface area contributed by atoms with Crippen molar-refractivity contribution >= 4 is 28.9 Å². The van der Waals surface area contributed by atoms with Gasteiger partial charge in [-0.2, -0.15) is 0 Å². The zero-order valence-electron chi connectivity index (χ0n) is 29.0. The molecular formula is C37H40N6O11. The third-order valence-corrected chi connectivity index (χ3v) is 9.78. The first-order valence-electron chi connectivity index (χ1n) is 17.2. The minimum atomic E-state index is -2.14. The first-order chi connectivity index (χ1) is 25.8. The van der Waals surface area contributed by atoms with Gasteiger partial charge in [0.05, 0.1) is 35.4 Å². The summed E-state index contributed by atoms with van der Waals surface area (Å²) in [7, 11) is 0. The van der Waals surface area contributed by atoms with Crippen molar-refractivity contribution in [1.29, 1.82) is 0 Å². The van der Waals surface area contributed by atoms with Gasteiger partial charge in [-0.25, -0.2) is 0 Å². The van der Waals surface area contributed by atoms with Crippen molar-refractivity contribution in [3.05, 3.63) is 124 Å². The number of carbonyl (C=O) groups is 2. The number of nitro benzene ring substituents is 1. The Morgan fingerprint density at radius 2 is 1.78 bits per heavy atom. The van der Waals surface area contributed by atoms with Gasteiger partial charge in [0.2, 0.25) is 0 Å². The molecule has 2 amide bonds. The Hall–Kier alpha value is -5.40. The molecular weight excluding hydrogens is 704 g/mol. The maximum atomic E-state index is 14.0. The smallest absolute Gasteiger partial charge is 0.269 e. The predicted molar refractivity (Wildman–Crippen MR) is 190 cm³/mol. The number of nitrogens with zero attached hydrogens (tertiary/aromatic N) is 5. The lowest BCUT2D eigenvalue weighted by Crippen LogP contribution is -2.60. The summed E-state index contributed by atoms with van der Waals surface area (Å²) in [5.41, 5.74) is 0.286. The number of hydrogen-bond acceptors (Lipinski definition) is 13. The van der Waals surface area contributed by atoms with Crippen molar-refractivity contribution in [2.75, 3.05) is 16.8 Å². The lowest BCUT2D eigenvalue weighted by Gasteiger charge is -2.37. The molecule has 284 valence electrons. The number of aliphatic hydroxyl groups is 6. The molecule has 17 heteroatoms. The van der Waals surface area contributed by atoms with Crippen LogP contribution in [0.15, 0.2) is 91.1 Å². The van der Waals surface area contributed by atoms with Gasteiger partial charge >= 0.3 is 0 Å². The Balaban J connectivity index is 1.14. The van der Waals surface area contributed by atoms with Crippen LogP contribution in [0.25, 0.3) is 0 Å². The van der Waals surface area contributed by atoms with E-state index in [-0.39, 0.29) is 36.0 Å². The van der Waals surface area contributed by atoms with E-state index in [1.807, 2.05) is 30.3 Å². The average molecular weight is 745 g/mol. The van der Waals surface area contributed by atoms with Crippen molar-refractivity contribution in [2.45, 2.75) is 68.7 Å². The second-order valence-electron chi connectivity index (χ2n) is 13.3. The molecule has 1 unspecified atom stereocenters. The lowest BCUT2D eigenvalue weighted by molar-refractivity contribution is -0.385. The van der Waals surface area contributed by atoms with E-state index in [0.29, 0.717) is 29.9 Å². The molecule has 0 bridgehead atoms. The van der Waals surface area contributed by atoms with Gasteiger partial charge in [-0.1, -0.05) is 66.8 Å². The summed E-state index contributed by atoms with van der Waals surface area (Å²) < 4.78 is 6.60. The summed E-state index contributed by atoms with van der Waals surface area (Å²) in [6.07, 6.45) is -3.31. The molecule has 8 atom stereocenters. The van der Waals surface area contributed by atoms with Crippen LogP contribution in [0.5, 0.6) is 0 Å². The van der Waals surface area contributed by atoms with Gasteiger partial charge in [-0.15, -0.1) is 5.10 Å². The minimum Gasteiger partial charge on any atom is -0.395 e. The quantitative estimate of drug-likeness (QED) is 0.0575. The number of amides is 2. The standard InChI is InChI=1S/C37H40N6O11/c1-21(7-5-6-16-41-19-28(39-40-41)26(20-44)23-8-3-2-4-9-23)37(51)27-17-25(43(52)53)14-15-29(27)42(36(37)50)18-22-10-12-24(13-11-22)38-34(48)33-31(46)30(45)32(47)35(49)54-33/h2-5,7-15,17,19,21,26,30-33,35,44-47,49,51H,6,16,18,20H2,1H3,(H,38,48)/b7-5+/t21-,26?,30-,31-,32+,33-,35+,37+/m0/s1. The molecule has 17 nitrogen and oxygen atoms in total. The molecule has 0 saturated carbocycles. The van der Waals surface area contributed by atoms with E-state index in [1.54, 1.807) is 42.1 Å². The summed E-state index contributed by atoms with van der Waals surface area (Å²) in [6, 6.07) is 19.5. The number of aryl methyl sites for hydroxylation is 1. The number of benzene rings is 3. The molecule has 1 fully saturated rings. The summed E-state index contributed by atoms with van der Waals surface area (Å²) >= 11 is 0. The Labute approximate surface area is 308 Å². The number of hydrogen-bond donors (Lipinski definition) is 7. The van der Waals surface area contributed by atoms with Crippen molar-refractivity contribution < 1.29 is 49.9 Å². The van der Waals surface area contributed by atoms with Crippen molar-refractivity contribution in [3.8, 4) is 0 Å². The largest absolute Gasteiger partial charge is 0.395 e. The third kappa shape index (κ3) is 7.51. The first-order valence-corrected chi connectivity index (χ1v) is 17.2. The number of aromatic nitrogens is 3. The number of nitro groups is 1. The Kier molecular flexibility index (Phi) is 11.3. The topological polar surface area (TPSA) is 254 Å². The molecule has 1 aromatic heterocycles. The van der Waals surface area contributed by atoms with Crippen molar-refractivity contribution in [3.63, 3.8) is 0 Å². The van der Waals surface area contributed by atoms with Gasteiger partial charge in [0.1, 0.15) is 18.3 Å². The monoisotopic (exact) mass is 744 g/mol. The number of nitrogens with one attached hydrogen (secondary N) is 1. The zero-order valence-corrected chi connectivity index (χ0v) is 29.0. The highest BCUT2D eigenvalue weighted by molar-refractivity contribution is 6.07. The average Bonchev–Trinajstić information content (AvgIpc) is 3.72. The third-order valence-electron chi connectivity index (χ3n) is 9.78. The Bertz CT molecular complexity index is 2010. The van der Waals surface area contributed by atoms with E-state index in [9.17, 15) is 50.3 Å². The lowest BCUT2D eigenvalue weighted by atomic mass is 9.82. The van der Waals surface area contributed by atoms with Crippen molar-refractivity contribution in [2.24, 2.45) is 5.92 Å². The first kappa shape index (κ1) is 38.3. The van der Waals surface area contributed by atoms with Crippen LogP contribution in [0.4, 0.5) is 17.1 Å². The van der Waals surface area contributed by atoms with Gasteiger partial charge in [0, 0.05) is 42.0 Å². The Morgan fingerprint density at radius 1 is 1.06 bits per heavy atom. The molecule has 3 heterocycles. The van der Waals surface area contributed by atoms with Gasteiger partial charge in [0.15, 0.2) is 18.0 Å². The summed E-state index contributed by atoms with van der Waals surface area (Å²) in [6.45, 7) is 1.88. The molecule has 2 aliphatic heterocycles. The fourth-order valence-electron chi connectivity index (χ4n) is 6.66. The molecule has 4 aromatic rings. The number of allylic oxidation sites excluding steroid dienone is 1. The van der Waals surface area contributed by atoms with Crippen LogP contribution in [0.3, 0.4) is 0 Å². The maximum absolute atomic E-state index is 14.0. The summed E-state index contributed by atoms with van der Waals surface area (Å²) in [5.74, 6) is -2.72. The van der Waals surface area contributed by atoms with E-state index in [4.69, 9.17) is 4.74 Å². The molecule has 7 N–H and O–H groups in total. The minimum absolute atomic E-state index is 0.0379. The van der Waals surface area contributed by atoms with Crippen LogP contribution in [-0.2, 0) is 33.0 Å².